The van der Waals surface area contributed by atoms with Crippen molar-refractivity contribution in [2.45, 2.75) is 19.0 Å². The maximum absolute atomic E-state index is 13.1. The van der Waals surface area contributed by atoms with Crippen LogP contribution < -0.4 is 5.69 Å². The minimum absolute atomic E-state index is 0.318. The molecule has 1 aliphatic heterocycles. The van der Waals surface area contributed by atoms with Gasteiger partial charge in [-0.05, 0) is 46.1 Å². The Bertz CT molecular complexity index is 1310. The van der Waals surface area contributed by atoms with Crippen molar-refractivity contribution in [3.63, 3.8) is 0 Å². The number of para-hydroxylation sites is 1. The van der Waals surface area contributed by atoms with Gasteiger partial charge in [-0.25, -0.2) is 9.80 Å². The highest BCUT2D eigenvalue weighted by molar-refractivity contribution is 7.12. The number of carbonyl (C=O) groups excluding carboxylic acids is 1. The smallest absolute Gasteiger partial charge is 0.369 e. The van der Waals surface area contributed by atoms with Crippen molar-refractivity contribution in [2.75, 3.05) is 0 Å². The zero-order chi connectivity index (χ0) is 21.4. The lowest BCUT2D eigenvalue weighted by molar-refractivity contribution is -0.134. The molecule has 0 spiro atoms. The molecule has 5 rings (SSSR count). The third-order valence-corrected chi connectivity index (χ3v) is 6.09. The molecule has 4 heterocycles. The average Bonchev–Trinajstić information content (AvgIpc) is 3.56. The van der Waals surface area contributed by atoms with Gasteiger partial charge in [0.1, 0.15) is 18.3 Å². The van der Waals surface area contributed by atoms with Crippen molar-refractivity contribution < 1.29 is 9.21 Å². The van der Waals surface area contributed by atoms with Crippen LogP contribution >= 0.6 is 22.9 Å². The number of thiophene rings is 1. The Labute approximate surface area is 184 Å². The summed E-state index contributed by atoms with van der Waals surface area (Å²) in [7, 11) is 0. The largest absolute Gasteiger partial charge is 0.467 e. The number of tetrazole rings is 1. The molecule has 3 aromatic heterocycles. The first-order valence-corrected chi connectivity index (χ1v) is 10.6. The van der Waals surface area contributed by atoms with Crippen molar-refractivity contribution >= 4 is 34.6 Å². The van der Waals surface area contributed by atoms with Crippen molar-refractivity contribution in [1.29, 1.82) is 0 Å². The Morgan fingerprint density at radius 3 is 2.77 bits per heavy atom. The number of hydrogen-bond donors (Lipinski definition) is 0. The molecule has 9 nitrogen and oxygen atoms in total. The van der Waals surface area contributed by atoms with E-state index in [4.69, 9.17) is 16.0 Å². The Hall–Kier alpha value is -3.50. The normalized spacial score (nSPS) is 16.0. The van der Waals surface area contributed by atoms with Crippen LogP contribution in [-0.4, -0.2) is 36.4 Å². The number of rotatable bonds is 5. The lowest BCUT2D eigenvalue weighted by atomic mass is 10.1. The van der Waals surface area contributed by atoms with E-state index in [9.17, 15) is 9.59 Å². The van der Waals surface area contributed by atoms with Gasteiger partial charge in [-0.1, -0.05) is 29.8 Å². The highest BCUT2D eigenvalue weighted by Gasteiger charge is 2.35. The molecule has 0 fully saturated rings. The Kier molecular flexibility index (Phi) is 5.00. The van der Waals surface area contributed by atoms with Gasteiger partial charge < -0.3 is 4.42 Å². The predicted octanol–water partition coefficient (Wildman–Crippen LogP) is 3.11. The summed E-state index contributed by atoms with van der Waals surface area (Å²) in [6, 6.07) is 13.8. The van der Waals surface area contributed by atoms with Gasteiger partial charge in [0, 0.05) is 6.42 Å². The van der Waals surface area contributed by atoms with Crippen molar-refractivity contribution in [3.05, 3.63) is 86.3 Å². The fourth-order valence-electron chi connectivity index (χ4n) is 3.38. The van der Waals surface area contributed by atoms with E-state index < -0.39 is 17.6 Å². The standard InChI is InChI=1S/C20H15ClN6O3S/c21-13-5-1-2-6-15(13)27-20(29)25(23-24-27)12-19(28)26-16(17-7-3-9-30-17)11-14(22-26)18-8-4-10-31-18/h1-10,16H,11-12H2. The van der Waals surface area contributed by atoms with Crippen molar-refractivity contribution in [3.8, 4) is 5.69 Å². The number of amides is 1. The number of nitrogens with zero attached hydrogens (tertiary/aromatic N) is 6. The molecule has 0 bridgehead atoms. The number of halogens is 1. The van der Waals surface area contributed by atoms with Gasteiger partial charge in [-0.2, -0.15) is 14.5 Å². The van der Waals surface area contributed by atoms with Crippen LogP contribution in [0.15, 0.2) is 74.5 Å². The molecule has 4 aromatic rings. The van der Waals surface area contributed by atoms with E-state index in [0.29, 0.717) is 22.9 Å². The second-order valence-corrected chi connectivity index (χ2v) is 8.13. The molecule has 1 aliphatic rings. The first kappa shape index (κ1) is 19.5. The molecule has 1 amide bonds. The second kappa shape index (κ2) is 7.97. The van der Waals surface area contributed by atoms with Gasteiger partial charge in [0.15, 0.2) is 0 Å². The summed E-state index contributed by atoms with van der Waals surface area (Å²) in [6.07, 6.45) is 2.07. The van der Waals surface area contributed by atoms with E-state index in [1.54, 1.807) is 54.0 Å². The minimum Gasteiger partial charge on any atom is -0.467 e. The Morgan fingerprint density at radius 2 is 2.03 bits per heavy atom. The molecule has 156 valence electrons. The molecule has 0 radical (unpaired) electrons. The van der Waals surface area contributed by atoms with Crippen LogP contribution in [0.3, 0.4) is 0 Å². The summed E-state index contributed by atoms with van der Waals surface area (Å²) in [5, 5.41) is 15.9. The summed E-state index contributed by atoms with van der Waals surface area (Å²) in [5.74, 6) is 0.219. The average molecular weight is 455 g/mol. The molecule has 1 unspecified atom stereocenters. The number of hydrogen-bond acceptors (Lipinski definition) is 7. The fraction of sp³-hybridized carbons (Fsp3) is 0.150. The van der Waals surface area contributed by atoms with Crippen molar-refractivity contribution in [1.82, 2.24) is 24.8 Å². The van der Waals surface area contributed by atoms with Crippen LogP contribution in [0.2, 0.25) is 5.02 Å². The van der Waals surface area contributed by atoms with Gasteiger partial charge in [-0.15, -0.1) is 11.3 Å². The van der Waals surface area contributed by atoms with E-state index in [0.717, 1.165) is 20.0 Å². The number of carbonyl (C=O) groups is 1. The number of hydrazone groups is 1. The van der Waals surface area contributed by atoms with Crippen LogP contribution in [0, 0.1) is 0 Å². The van der Waals surface area contributed by atoms with Gasteiger partial charge in [0.05, 0.1) is 27.6 Å². The molecule has 0 N–H and O–H groups in total. The molecular formula is C20H15ClN6O3S. The Balaban J connectivity index is 1.44. The zero-order valence-corrected chi connectivity index (χ0v) is 17.5. The lowest BCUT2D eigenvalue weighted by Gasteiger charge is -2.19. The summed E-state index contributed by atoms with van der Waals surface area (Å²) in [6.45, 7) is -0.318. The maximum Gasteiger partial charge on any atom is 0.369 e. The molecular weight excluding hydrogens is 440 g/mol. The third-order valence-electron chi connectivity index (χ3n) is 4.85. The van der Waals surface area contributed by atoms with Gasteiger partial charge in [-0.3, -0.25) is 4.79 Å². The molecule has 1 atom stereocenters. The van der Waals surface area contributed by atoms with E-state index in [-0.39, 0.29) is 6.54 Å². The monoisotopic (exact) mass is 454 g/mol. The van der Waals surface area contributed by atoms with E-state index in [1.807, 2.05) is 17.5 Å². The van der Waals surface area contributed by atoms with Crippen LogP contribution in [0.25, 0.3) is 5.69 Å². The SMILES string of the molecule is O=C(Cn1nnn(-c2ccccc2Cl)c1=O)N1N=C(c2cccs2)CC1c1ccco1. The minimum atomic E-state index is -0.572. The van der Waals surface area contributed by atoms with E-state index in [1.165, 1.54) is 5.01 Å². The highest BCUT2D eigenvalue weighted by Crippen LogP contribution is 2.34. The first-order chi connectivity index (χ1) is 15.1. The molecule has 0 saturated carbocycles. The molecule has 0 saturated heterocycles. The topological polar surface area (TPSA) is 98.5 Å². The van der Waals surface area contributed by atoms with Crippen molar-refractivity contribution in [2.24, 2.45) is 5.10 Å². The highest BCUT2D eigenvalue weighted by atomic mass is 35.5. The van der Waals surface area contributed by atoms with E-state index in [2.05, 4.69) is 15.5 Å². The summed E-state index contributed by atoms with van der Waals surface area (Å²) in [4.78, 5) is 26.9. The molecule has 1 aromatic carbocycles. The van der Waals surface area contributed by atoms with Crippen LogP contribution in [0.5, 0.6) is 0 Å². The maximum atomic E-state index is 13.1. The van der Waals surface area contributed by atoms with Crippen LogP contribution in [-0.2, 0) is 11.3 Å². The predicted molar refractivity (Wildman–Crippen MR) is 114 cm³/mol. The summed E-state index contributed by atoms with van der Waals surface area (Å²) < 4.78 is 7.58. The molecule has 0 aliphatic carbocycles. The first-order valence-electron chi connectivity index (χ1n) is 9.36. The zero-order valence-electron chi connectivity index (χ0n) is 16.0. The van der Waals surface area contributed by atoms with Crippen LogP contribution in [0.4, 0.5) is 0 Å². The molecule has 11 heteroatoms. The Morgan fingerprint density at radius 1 is 1.16 bits per heavy atom. The number of furan rings is 1. The fourth-order valence-corrected chi connectivity index (χ4v) is 4.32. The van der Waals surface area contributed by atoms with Gasteiger partial charge >= 0.3 is 5.69 Å². The van der Waals surface area contributed by atoms with E-state index >= 15 is 0 Å². The van der Waals surface area contributed by atoms with Crippen LogP contribution in [0.1, 0.15) is 23.1 Å². The second-order valence-electron chi connectivity index (χ2n) is 6.78. The van der Waals surface area contributed by atoms with Gasteiger partial charge in [0.2, 0.25) is 0 Å². The molecule has 31 heavy (non-hydrogen) atoms. The third kappa shape index (κ3) is 3.60. The summed E-state index contributed by atoms with van der Waals surface area (Å²) >= 11 is 7.70. The lowest BCUT2D eigenvalue weighted by Crippen LogP contribution is -2.34. The quantitative estimate of drug-likeness (QED) is 0.461. The number of benzene rings is 1. The summed E-state index contributed by atoms with van der Waals surface area (Å²) in [5.41, 5.74) is 0.606. The van der Waals surface area contributed by atoms with Gasteiger partial charge in [0.25, 0.3) is 5.91 Å². The number of aromatic nitrogens is 4.